The maximum atomic E-state index is 8.65. The Morgan fingerprint density at radius 2 is 1.70 bits per heavy atom. The molecule has 0 aliphatic rings. The first-order valence-electron chi connectivity index (χ1n) is 3.67. The number of unbranched alkanes of at least 4 members (excludes halogenated alkanes) is 1. The fourth-order valence-corrected chi connectivity index (χ4v) is 1.01. The van der Waals surface area contributed by atoms with Crippen LogP contribution in [-0.2, 0) is 0 Å². The molecule has 0 aliphatic carbocycles. The summed E-state index contributed by atoms with van der Waals surface area (Å²) in [6.07, 6.45) is 3.03. The Balaban J connectivity index is 3.09. The minimum atomic E-state index is 0.0832. The van der Waals surface area contributed by atoms with E-state index in [1.165, 1.54) is 0 Å². The van der Waals surface area contributed by atoms with Crippen LogP contribution in [0.25, 0.3) is 0 Å². The van der Waals surface area contributed by atoms with Gasteiger partial charge in [-0.15, -0.1) is 0 Å². The van der Waals surface area contributed by atoms with E-state index in [2.05, 4.69) is 12.6 Å². The van der Waals surface area contributed by atoms with Gasteiger partial charge in [-0.2, -0.15) is 12.6 Å². The predicted molar refractivity (Wildman–Crippen MR) is 45.4 cm³/mol. The molecule has 0 aromatic heterocycles. The first kappa shape index (κ1) is 10.3. The fraction of sp³-hybridized carbons (Fsp3) is 1.00. The summed E-state index contributed by atoms with van der Waals surface area (Å²) in [5, 5.41) is 17.3. The van der Waals surface area contributed by atoms with Crippen molar-refractivity contribution in [2.45, 2.75) is 19.3 Å². The van der Waals surface area contributed by atoms with Gasteiger partial charge in [0.1, 0.15) is 0 Å². The van der Waals surface area contributed by atoms with Crippen molar-refractivity contribution >= 4 is 12.6 Å². The fourth-order valence-electron chi connectivity index (χ4n) is 0.785. The van der Waals surface area contributed by atoms with Crippen LogP contribution < -0.4 is 0 Å². The minimum absolute atomic E-state index is 0.0832. The van der Waals surface area contributed by atoms with Gasteiger partial charge in [-0.1, -0.05) is 6.42 Å². The van der Waals surface area contributed by atoms with Crippen molar-refractivity contribution in [2.75, 3.05) is 19.0 Å². The van der Waals surface area contributed by atoms with Crippen LogP contribution in [0.1, 0.15) is 19.3 Å². The van der Waals surface area contributed by atoms with Crippen molar-refractivity contribution in [2.24, 2.45) is 5.92 Å². The molecule has 62 valence electrons. The van der Waals surface area contributed by atoms with Gasteiger partial charge in [-0.3, -0.25) is 0 Å². The third kappa shape index (κ3) is 5.09. The van der Waals surface area contributed by atoms with E-state index < -0.39 is 0 Å². The lowest BCUT2D eigenvalue weighted by Crippen LogP contribution is -2.10. The molecule has 0 unspecified atom stereocenters. The quantitative estimate of drug-likeness (QED) is 0.399. The maximum Gasteiger partial charge on any atom is 0.0481 e. The highest BCUT2D eigenvalue weighted by Gasteiger charge is 2.03. The summed E-state index contributed by atoms with van der Waals surface area (Å²) in [5.41, 5.74) is 0. The molecule has 0 aliphatic heterocycles. The first-order valence-corrected chi connectivity index (χ1v) is 4.31. The number of aliphatic hydroxyl groups is 2. The number of hydrogen-bond donors (Lipinski definition) is 3. The second kappa shape index (κ2) is 7.38. The smallest absolute Gasteiger partial charge is 0.0481 e. The molecule has 0 atom stereocenters. The number of rotatable bonds is 6. The molecule has 0 amide bonds. The molecular weight excluding hydrogens is 148 g/mol. The second-order valence-electron chi connectivity index (χ2n) is 2.45. The van der Waals surface area contributed by atoms with E-state index in [4.69, 9.17) is 10.2 Å². The minimum Gasteiger partial charge on any atom is -0.396 e. The third-order valence-corrected chi connectivity index (χ3v) is 1.85. The van der Waals surface area contributed by atoms with Gasteiger partial charge in [0, 0.05) is 19.1 Å². The van der Waals surface area contributed by atoms with Gasteiger partial charge >= 0.3 is 0 Å². The van der Waals surface area contributed by atoms with E-state index >= 15 is 0 Å². The van der Waals surface area contributed by atoms with E-state index in [0.29, 0.717) is 0 Å². The summed E-state index contributed by atoms with van der Waals surface area (Å²) in [5.74, 6) is 0.976. The topological polar surface area (TPSA) is 40.5 Å². The third-order valence-electron chi connectivity index (χ3n) is 1.54. The molecule has 0 saturated carbocycles. The van der Waals surface area contributed by atoms with Gasteiger partial charge in [-0.25, -0.2) is 0 Å². The lowest BCUT2D eigenvalue weighted by molar-refractivity contribution is 0.142. The zero-order chi connectivity index (χ0) is 7.82. The Hall–Kier alpha value is 0.270. The van der Waals surface area contributed by atoms with Crippen molar-refractivity contribution in [1.29, 1.82) is 0 Å². The largest absolute Gasteiger partial charge is 0.396 e. The normalized spacial score (nSPS) is 10.8. The lowest BCUT2D eigenvalue weighted by Gasteiger charge is -2.08. The van der Waals surface area contributed by atoms with Crippen LogP contribution in [-0.4, -0.2) is 29.2 Å². The second-order valence-corrected chi connectivity index (χ2v) is 2.90. The van der Waals surface area contributed by atoms with E-state index in [1.807, 2.05) is 0 Å². The average molecular weight is 164 g/mol. The van der Waals surface area contributed by atoms with Crippen LogP contribution in [0.3, 0.4) is 0 Å². The van der Waals surface area contributed by atoms with Crippen LogP contribution in [0.5, 0.6) is 0 Å². The van der Waals surface area contributed by atoms with E-state index in [0.717, 1.165) is 25.0 Å². The Bertz CT molecular complexity index is 64.6. The van der Waals surface area contributed by atoms with Crippen molar-refractivity contribution in [3.63, 3.8) is 0 Å². The van der Waals surface area contributed by atoms with Crippen molar-refractivity contribution in [1.82, 2.24) is 0 Å². The molecule has 2 nitrogen and oxygen atoms in total. The highest BCUT2D eigenvalue weighted by molar-refractivity contribution is 7.80. The van der Waals surface area contributed by atoms with Crippen LogP contribution in [0.15, 0.2) is 0 Å². The maximum absolute atomic E-state index is 8.65. The number of hydrogen-bond acceptors (Lipinski definition) is 3. The molecule has 0 saturated heterocycles. The molecule has 0 radical (unpaired) electrons. The monoisotopic (exact) mass is 164 g/mol. The van der Waals surface area contributed by atoms with E-state index in [9.17, 15) is 0 Å². The number of thiol groups is 1. The zero-order valence-corrected chi connectivity index (χ0v) is 7.06. The predicted octanol–water partition coefficient (Wildman–Crippen LogP) is 0.687. The van der Waals surface area contributed by atoms with Crippen LogP contribution in [0, 0.1) is 5.92 Å². The molecule has 0 bridgehead atoms. The van der Waals surface area contributed by atoms with Crippen molar-refractivity contribution in [3.8, 4) is 0 Å². The van der Waals surface area contributed by atoms with Gasteiger partial charge in [0.15, 0.2) is 0 Å². The van der Waals surface area contributed by atoms with E-state index in [-0.39, 0.29) is 19.1 Å². The van der Waals surface area contributed by atoms with Gasteiger partial charge < -0.3 is 10.2 Å². The zero-order valence-electron chi connectivity index (χ0n) is 6.16. The van der Waals surface area contributed by atoms with Crippen LogP contribution in [0.2, 0.25) is 0 Å². The van der Waals surface area contributed by atoms with Crippen molar-refractivity contribution in [3.05, 3.63) is 0 Å². The summed E-state index contributed by atoms with van der Waals surface area (Å²) in [4.78, 5) is 0. The number of aliphatic hydroxyl groups excluding tert-OH is 2. The molecule has 0 heterocycles. The summed E-state index contributed by atoms with van der Waals surface area (Å²) < 4.78 is 0. The summed E-state index contributed by atoms with van der Waals surface area (Å²) in [6, 6.07) is 0. The molecule has 0 rings (SSSR count). The molecule has 3 heteroatoms. The molecule has 0 spiro atoms. The van der Waals surface area contributed by atoms with Gasteiger partial charge in [0.05, 0.1) is 0 Å². The average Bonchev–Trinajstić information content (AvgIpc) is 1.99. The van der Waals surface area contributed by atoms with Crippen LogP contribution in [0.4, 0.5) is 0 Å². The Labute approximate surface area is 67.7 Å². The van der Waals surface area contributed by atoms with Crippen molar-refractivity contribution < 1.29 is 10.2 Å². The summed E-state index contributed by atoms with van der Waals surface area (Å²) in [6.45, 7) is 0.201. The molecular formula is C7H16O2S. The molecule has 0 aromatic rings. The highest BCUT2D eigenvalue weighted by atomic mass is 32.1. The Kier molecular flexibility index (Phi) is 7.58. The van der Waals surface area contributed by atoms with Gasteiger partial charge in [-0.05, 0) is 18.6 Å². The lowest BCUT2D eigenvalue weighted by atomic mass is 10.0. The SMILES string of the molecule is OCC(CO)CCCCS. The Morgan fingerprint density at radius 3 is 2.10 bits per heavy atom. The van der Waals surface area contributed by atoms with Gasteiger partial charge in [0.2, 0.25) is 0 Å². The standard InChI is InChI=1S/C7H16O2S/c8-5-7(6-9)3-1-2-4-10/h7-10H,1-6H2. The molecule has 0 fully saturated rings. The Morgan fingerprint density at radius 1 is 1.10 bits per heavy atom. The van der Waals surface area contributed by atoms with Crippen LogP contribution >= 0.6 is 12.6 Å². The van der Waals surface area contributed by atoms with E-state index in [1.54, 1.807) is 0 Å². The summed E-state index contributed by atoms with van der Waals surface area (Å²) >= 11 is 4.06. The molecule has 0 aromatic carbocycles. The molecule has 2 N–H and O–H groups in total. The summed E-state index contributed by atoms with van der Waals surface area (Å²) in [7, 11) is 0. The van der Waals surface area contributed by atoms with Gasteiger partial charge in [0.25, 0.3) is 0 Å². The first-order chi connectivity index (χ1) is 4.85. The highest BCUT2D eigenvalue weighted by Crippen LogP contribution is 2.06. The molecule has 10 heavy (non-hydrogen) atoms.